The van der Waals surface area contributed by atoms with Crippen molar-refractivity contribution in [1.82, 2.24) is 16.0 Å². The van der Waals surface area contributed by atoms with Crippen LogP contribution in [0.4, 0.5) is 0 Å². The molecule has 0 aliphatic carbocycles. The van der Waals surface area contributed by atoms with Gasteiger partial charge in [0.15, 0.2) is 0 Å². The molecule has 6 nitrogen and oxygen atoms in total. The maximum absolute atomic E-state index is 12.7. The molecule has 0 bridgehead atoms. The Kier molecular flexibility index (Phi) is 11.1. The molecule has 2 rings (SSSR count). The predicted molar refractivity (Wildman–Crippen MR) is 127 cm³/mol. The molecule has 0 aromatic heterocycles. The van der Waals surface area contributed by atoms with Crippen LogP contribution in [0.2, 0.25) is 0 Å². The van der Waals surface area contributed by atoms with E-state index in [0.29, 0.717) is 13.0 Å². The van der Waals surface area contributed by atoms with Gasteiger partial charge in [0.05, 0.1) is 6.04 Å². The van der Waals surface area contributed by atoms with Crippen LogP contribution in [0.1, 0.15) is 35.6 Å². The number of nitrogens with one attached hydrogen (secondary N) is 3. The number of phenolic OH excluding ortho intramolecular Hbond substituents is 1. The fourth-order valence-electron chi connectivity index (χ4n) is 3.50. The Bertz CT molecular complexity index is 835. The molecule has 4 N–H and O–H groups in total. The van der Waals surface area contributed by atoms with E-state index in [9.17, 15) is 14.7 Å². The molecule has 2 aromatic rings. The highest BCUT2D eigenvalue weighted by Crippen LogP contribution is 2.22. The summed E-state index contributed by atoms with van der Waals surface area (Å²) in [5.74, 6) is -0.198. The minimum absolute atomic E-state index is 0. The number of aromatic hydroxyl groups is 1. The second-order valence-electron chi connectivity index (χ2n) is 7.71. The van der Waals surface area contributed by atoms with Gasteiger partial charge in [0, 0.05) is 6.54 Å². The third-order valence-electron chi connectivity index (χ3n) is 5.29. The summed E-state index contributed by atoms with van der Waals surface area (Å²) in [5, 5.41) is 18.4. The molecular weight excluding hydrogens is 414 g/mol. The molecule has 0 spiro atoms. The summed E-state index contributed by atoms with van der Waals surface area (Å²) in [4.78, 5) is 25.0. The number of rotatable bonds is 10. The van der Waals surface area contributed by atoms with Gasteiger partial charge in [-0.3, -0.25) is 9.59 Å². The van der Waals surface area contributed by atoms with Crippen molar-refractivity contribution in [3.8, 4) is 5.75 Å². The molecule has 2 atom stereocenters. The lowest BCUT2D eigenvalue weighted by molar-refractivity contribution is -0.129. The van der Waals surface area contributed by atoms with Crippen LogP contribution in [0.25, 0.3) is 0 Å². The lowest BCUT2D eigenvalue weighted by Crippen LogP contribution is -2.51. The van der Waals surface area contributed by atoms with E-state index >= 15 is 0 Å². The zero-order chi connectivity index (χ0) is 22.1. The van der Waals surface area contributed by atoms with Gasteiger partial charge in [0.2, 0.25) is 11.8 Å². The maximum Gasteiger partial charge on any atom is 0.242 e. The summed E-state index contributed by atoms with van der Waals surface area (Å²) >= 11 is 0. The van der Waals surface area contributed by atoms with Crippen molar-refractivity contribution in [2.45, 2.75) is 52.1 Å². The van der Waals surface area contributed by atoms with Crippen molar-refractivity contribution in [1.29, 1.82) is 0 Å². The average Bonchev–Trinajstić information content (AvgIpc) is 2.71. The maximum atomic E-state index is 12.7. The molecule has 2 amide bonds. The fourth-order valence-corrected chi connectivity index (χ4v) is 3.50. The number of amides is 2. The minimum atomic E-state index is -0.618. The van der Waals surface area contributed by atoms with Gasteiger partial charge >= 0.3 is 0 Å². The second-order valence-corrected chi connectivity index (χ2v) is 7.71. The van der Waals surface area contributed by atoms with Crippen molar-refractivity contribution in [3.05, 3.63) is 64.7 Å². The van der Waals surface area contributed by atoms with Crippen LogP contribution in [0.3, 0.4) is 0 Å². The normalized spacial score (nSPS) is 12.4. The molecule has 0 saturated heterocycles. The number of phenols is 1. The summed E-state index contributed by atoms with van der Waals surface area (Å²) < 4.78 is 0. The molecule has 170 valence electrons. The summed E-state index contributed by atoms with van der Waals surface area (Å²) in [6, 6.07) is 12.4. The zero-order valence-corrected chi connectivity index (χ0v) is 19.5. The first kappa shape index (κ1) is 26.5. The Hall–Kier alpha value is -2.57. The van der Waals surface area contributed by atoms with Gasteiger partial charge in [-0.15, -0.1) is 12.4 Å². The number of hydrogen-bond acceptors (Lipinski definition) is 4. The largest absolute Gasteiger partial charge is 0.508 e. The first-order valence-electron chi connectivity index (χ1n) is 10.4. The van der Waals surface area contributed by atoms with Crippen molar-refractivity contribution >= 4 is 24.2 Å². The standard InChI is InChI=1S/C24H33N3O3.ClH/c1-16-13-20(28)14-17(2)21(16)15-22(25-4)24(30)27-18(3)23(29)26-12-8-11-19-9-6-5-7-10-19;/h5-7,9-10,13-14,18,22,25,28H,8,11-12,15H2,1-4H3,(H,26,29)(H,27,30);1H/t18-,22+;/m1./s1. The number of benzene rings is 2. The molecule has 2 aromatic carbocycles. The van der Waals surface area contributed by atoms with E-state index in [4.69, 9.17) is 0 Å². The van der Waals surface area contributed by atoms with E-state index in [1.54, 1.807) is 26.1 Å². The number of carbonyl (C=O) groups is 2. The number of carbonyl (C=O) groups excluding carboxylic acids is 2. The van der Waals surface area contributed by atoms with Crippen LogP contribution in [-0.2, 0) is 22.4 Å². The van der Waals surface area contributed by atoms with Gasteiger partial charge < -0.3 is 21.1 Å². The predicted octanol–water partition coefficient (Wildman–Crippen LogP) is 2.82. The summed E-state index contributed by atoms with van der Waals surface area (Å²) in [6.45, 7) is 6.08. The van der Waals surface area contributed by atoms with E-state index in [1.807, 2.05) is 32.0 Å². The molecule has 0 fully saturated rings. The monoisotopic (exact) mass is 447 g/mol. The zero-order valence-electron chi connectivity index (χ0n) is 18.7. The number of likely N-dealkylation sites (N-methyl/N-ethyl adjacent to an activating group) is 1. The van der Waals surface area contributed by atoms with Gasteiger partial charge in [-0.05, 0) is 81.5 Å². The van der Waals surface area contributed by atoms with Crippen LogP contribution < -0.4 is 16.0 Å². The Balaban J connectivity index is 0.00000480. The Labute approximate surface area is 191 Å². The highest BCUT2D eigenvalue weighted by atomic mass is 35.5. The first-order chi connectivity index (χ1) is 14.3. The first-order valence-corrected chi connectivity index (χ1v) is 10.4. The molecule has 31 heavy (non-hydrogen) atoms. The molecule has 7 heteroatoms. The molecule has 0 aliphatic rings. The fraction of sp³-hybridized carbons (Fsp3) is 0.417. The Morgan fingerprint density at radius 1 is 1.03 bits per heavy atom. The molecule has 0 saturated carbocycles. The third-order valence-corrected chi connectivity index (χ3v) is 5.29. The number of hydrogen-bond donors (Lipinski definition) is 4. The number of halogens is 1. The molecule has 0 heterocycles. The van der Waals surface area contributed by atoms with Crippen LogP contribution in [-0.4, -0.2) is 42.6 Å². The average molecular weight is 448 g/mol. The topological polar surface area (TPSA) is 90.5 Å². The van der Waals surface area contributed by atoms with Crippen LogP contribution in [0.15, 0.2) is 42.5 Å². The summed E-state index contributed by atoms with van der Waals surface area (Å²) in [5.41, 5.74) is 4.12. The molecule has 0 radical (unpaired) electrons. The summed E-state index contributed by atoms with van der Waals surface area (Å²) in [6.07, 6.45) is 2.22. The second kappa shape index (κ2) is 13.0. The summed E-state index contributed by atoms with van der Waals surface area (Å²) in [7, 11) is 1.73. The van der Waals surface area contributed by atoms with E-state index in [-0.39, 0.29) is 30.0 Å². The SMILES string of the molecule is CN[C@@H](Cc1c(C)cc(O)cc1C)C(=O)N[C@H](C)C(=O)NCCCc1ccccc1.Cl. The molecular formula is C24H34ClN3O3. The van der Waals surface area contributed by atoms with Crippen molar-refractivity contribution < 1.29 is 14.7 Å². The van der Waals surface area contributed by atoms with Crippen molar-refractivity contribution in [2.24, 2.45) is 0 Å². The van der Waals surface area contributed by atoms with Gasteiger partial charge in [-0.2, -0.15) is 0 Å². The van der Waals surface area contributed by atoms with Gasteiger partial charge in [-0.1, -0.05) is 30.3 Å². The highest BCUT2D eigenvalue weighted by molar-refractivity contribution is 5.89. The van der Waals surface area contributed by atoms with Crippen LogP contribution >= 0.6 is 12.4 Å². The Morgan fingerprint density at radius 2 is 1.65 bits per heavy atom. The third kappa shape index (κ3) is 8.23. The number of aryl methyl sites for hydroxylation is 3. The van der Waals surface area contributed by atoms with Crippen LogP contribution in [0.5, 0.6) is 5.75 Å². The van der Waals surface area contributed by atoms with E-state index in [2.05, 4.69) is 28.1 Å². The lowest BCUT2D eigenvalue weighted by atomic mass is 9.95. The lowest BCUT2D eigenvalue weighted by Gasteiger charge is -2.21. The quantitative estimate of drug-likeness (QED) is 0.421. The van der Waals surface area contributed by atoms with Crippen molar-refractivity contribution in [3.63, 3.8) is 0 Å². The highest BCUT2D eigenvalue weighted by Gasteiger charge is 2.23. The van der Waals surface area contributed by atoms with Crippen molar-refractivity contribution in [2.75, 3.05) is 13.6 Å². The van der Waals surface area contributed by atoms with E-state index < -0.39 is 12.1 Å². The van der Waals surface area contributed by atoms with Gasteiger partial charge in [0.25, 0.3) is 0 Å². The van der Waals surface area contributed by atoms with Crippen LogP contribution in [0, 0.1) is 13.8 Å². The smallest absolute Gasteiger partial charge is 0.242 e. The van der Waals surface area contributed by atoms with Gasteiger partial charge in [-0.25, -0.2) is 0 Å². The van der Waals surface area contributed by atoms with E-state index in [0.717, 1.165) is 29.5 Å². The molecule has 0 unspecified atom stereocenters. The molecule has 0 aliphatic heterocycles. The van der Waals surface area contributed by atoms with E-state index in [1.165, 1.54) is 5.56 Å². The minimum Gasteiger partial charge on any atom is -0.508 e. The van der Waals surface area contributed by atoms with Gasteiger partial charge in [0.1, 0.15) is 11.8 Å². The Morgan fingerprint density at radius 3 is 2.23 bits per heavy atom.